The molecule has 0 heterocycles. The van der Waals surface area contributed by atoms with Crippen LogP contribution in [0, 0.1) is 0 Å². The molecule has 8 heavy (non-hydrogen) atoms. The monoisotopic (exact) mass is 111 g/mol. The first-order chi connectivity index (χ1) is 3.77. The lowest BCUT2D eigenvalue weighted by atomic mass is 10.4. The fourth-order valence-electron chi connectivity index (χ4n) is 0.253. The average molecular weight is 111 g/mol. The van der Waals surface area contributed by atoms with Gasteiger partial charge in [-0.1, -0.05) is 6.08 Å². The summed E-state index contributed by atoms with van der Waals surface area (Å²) in [6, 6.07) is 0. The summed E-state index contributed by atoms with van der Waals surface area (Å²) >= 11 is 0. The molecule has 2 nitrogen and oxygen atoms in total. The van der Waals surface area contributed by atoms with Crippen LogP contribution in [-0.4, -0.2) is 6.29 Å². The Kier molecular flexibility index (Phi) is 3.58. The molecule has 0 aromatic heterocycles. The summed E-state index contributed by atoms with van der Waals surface area (Å²) in [6.07, 6.45) is 5.35. The molecule has 2 N–H and O–H groups in total. The minimum Gasteiger partial charge on any atom is -0.402 e. The van der Waals surface area contributed by atoms with E-state index in [4.69, 9.17) is 5.73 Å². The summed E-state index contributed by atoms with van der Waals surface area (Å²) in [5.74, 6) is 0. The van der Waals surface area contributed by atoms with Gasteiger partial charge in [-0.05, 0) is 19.1 Å². The summed E-state index contributed by atoms with van der Waals surface area (Å²) in [6.45, 7) is 1.76. The van der Waals surface area contributed by atoms with Gasteiger partial charge in [-0.2, -0.15) is 0 Å². The van der Waals surface area contributed by atoms with Crippen LogP contribution < -0.4 is 5.73 Å². The van der Waals surface area contributed by atoms with Crippen molar-refractivity contribution in [1.29, 1.82) is 0 Å². The van der Waals surface area contributed by atoms with Gasteiger partial charge in [0.2, 0.25) is 0 Å². The molecular weight excluding hydrogens is 102 g/mol. The number of allylic oxidation sites excluding steroid dienone is 4. The lowest BCUT2D eigenvalue weighted by Gasteiger charge is -1.79. The second-order valence-corrected chi connectivity index (χ2v) is 1.43. The zero-order chi connectivity index (χ0) is 6.41. The Hall–Kier alpha value is -1.05. The summed E-state index contributed by atoms with van der Waals surface area (Å²) in [5, 5.41) is 0. The lowest BCUT2D eigenvalue weighted by molar-refractivity contribution is -0.104. The maximum Gasteiger partial charge on any atom is 0.142 e. The van der Waals surface area contributed by atoms with Crippen LogP contribution >= 0.6 is 0 Å². The van der Waals surface area contributed by atoms with E-state index in [2.05, 4.69) is 0 Å². The summed E-state index contributed by atoms with van der Waals surface area (Å²) in [5.41, 5.74) is 5.92. The highest BCUT2D eigenvalue weighted by molar-refractivity contribution is 5.65. The molecule has 0 unspecified atom stereocenters. The second kappa shape index (κ2) is 4.12. The van der Waals surface area contributed by atoms with Crippen molar-refractivity contribution in [3.63, 3.8) is 0 Å². The van der Waals surface area contributed by atoms with Crippen molar-refractivity contribution in [2.45, 2.75) is 6.92 Å². The van der Waals surface area contributed by atoms with Gasteiger partial charge in [0.1, 0.15) is 6.29 Å². The number of carbonyl (C=O) groups excluding carboxylic acids is 1. The molecule has 0 saturated carbocycles. The molecule has 0 aromatic carbocycles. The molecule has 0 fully saturated rings. The minimum absolute atomic E-state index is 0.697. The molecule has 0 amide bonds. The van der Waals surface area contributed by atoms with Crippen LogP contribution in [-0.2, 0) is 4.79 Å². The Labute approximate surface area is 48.7 Å². The fraction of sp³-hybridized carbons (Fsp3) is 0.167. The number of carbonyl (C=O) groups is 1. The van der Waals surface area contributed by atoms with E-state index < -0.39 is 0 Å². The molecule has 0 aliphatic rings. The molecule has 0 bridgehead atoms. The fourth-order valence-corrected chi connectivity index (χ4v) is 0.253. The summed E-state index contributed by atoms with van der Waals surface area (Å²) in [7, 11) is 0. The SMILES string of the molecule is C/C(N)=C\C=C/C=O. The predicted molar refractivity (Wildman–Crippen MR) is 33.1 cm³/mol. The maximum atomic E-state index is 9.63. The highest BCUT2D eigenvalue weighted by Crippen LogP contribution is 1.78. The van der Waals surface area contributed by atoms with Gasteiger partial charge in [0, 0.05) is 5.70 Å². The molecule has 0 radical (unpaired) electrons. The molecule has 0 aromatic rings. The van der Waals surface area contributed by atoms with E-state index in [1.165, 1.54) is 6.08 Å². The molecule has 0 aliphatic carbocycles. The highest BCUT2D eigenvalue weighted by Gasteiger charge is 1.67. The van der Waals surface area contributed by atoms with E-state index in [-0.39, 0.29) is 0 Å². The predicted octanol–water partition coefficient (Wildman–Crippen LogP) is 0.604. The third-order valence-corrected chi connectivity index (χ3v) is 0.549. The molecule has 0 aliphatic heterocycles. The van der Waals surface area contributed by atoms with Crippen LogP contribution in [0.3, 0.4) is 0 Å². The maximum absolute atomic E-state index is 9.63. The van der Waals surface area contributed by atoms with Gasteiger partial charge in [0.25, 0.3) is 0 Å². The van der Waals surface area contributed by atoms with E-state index in [9.17, 15) is 4.79 Å². The topological polar surface area (TPSA) is 43.1 Å². The lowest BCUT2D eigenvalue weighted by Crippen LogP contribution is -1.87. The molecule has 0 saturated heterocycles. The van der Waals surface area contributed by atoms with E-state index in [0.717, 1.165) is 0 Å². The standard InChI is InChI=1S/C6H9NO/c1-6(7)4-2-3-5-8/h2-5H,7H2,1H3/b3-2-,6-4+. The molecule has 0 atom stereocenters. The van der Waals surface area contributed by atoms with Crippen LogP contribution in [0.2, 0.25) is 0 Å². The molecule has 0 spiro atoms. The third kappa shape index (κ3) is 4.95. The zero-order valence-corrected chi connectivity index (χ0v) is 4.79. The van der Waals surface area contributed by atoms with E-state index in [1.807, 2.05) is 0 Å². The Morgan fingerprint density at radius 2 is 2.12 bits per heavy atom. The van der Waals surface area contributed by atoms with Crippen LogP contribution in [0.15, 0.2) is 23.9 Å². The van der Waals surface area contributed by atoms with Crippen molar-refractivity contribution >= 4 is 6.29 Å². The van der Waals surface area contributed by atoms with Gasteiger partial charge in [0.05, 0.1) is 0 Å². The Morgan fingerprint density at radius 1 is 1.50 bits per heavy atom. The first kappa shape index (κ1) is 6.95. The molecule has 0 rings (SSSR count). The van der Waals surface area contributed by atoms with Gasteiger partial charge in [-0.3, -0.25) is 4.79 Å². The number of hydrogen-bond acceptors (Lipinski definition) is 2. The van der Waals surface area contributed by atoms with Gasteiger partial charge in [-0.25, -0.2) is 0 Å². The van der Waals surface area contributed by atoms with E-state index in [0.29, 0.717) is 12.0 Å². The van der Waals surface area contributed by atoms with E-state index >= 15 is 0 Å². The van der Waals surface area contributed by atoms with Crippen molar-refractivity contribution in [2.24, 2.45) is 5.73 Å². The van der Waals surface area contributed by atoms with E-state index in [1.54, 1.807) is 19.1 Å². The van der Waals surface area contributed by atoms with Crippen molar-refractivity contribution in [3.05, 3.63) is 23.9 Å². The van der Waals surface area contributed by atoms with Crippen LogP contribution in [0.1, 0.15) is 6.92 Å². The van der Waals surface area contributed by atoms with Gasteiger partial charge >= 0.3 is 0 Å². The third-order valence-electron chi connectivity index (χ3n) is 0.549. The Morgan fingerprint density at radius 3 is 2.50 bits per heavy atom. The van der Waals surface area contributed by atoms with Gasteiger partial charge < -0.3 is 5.73 Å². The van der Waals surface area contributed by atoms with Crippen molar-refractivity contribution in [3.8, 4) is 0 Å². The van der Waals surface area contributed by atoms with Gasteiger partial charge in [-0.15, -0.1) is 0 Å². The Balaban J connectivity index is 3.57. The quantitative estimate of drug-likeness (QED) is 0.322. The van der Waals surface area contributed by atoms with Crippen molar-refractivity contribution in [2.75, 3.05) is 0 Å². The Bertz CT molecular complexity index is 120. The minimum atomic E-state index is 0.697. The largest absolute Gasteiger partial charge is 0.402 e. The van der Waals surface area contributed by atoms with Crippen molar-refractivity contribution in [1.82, 2.24) is 0 Å². The smallest absolute Gasteiger partial charge is 0.142 e. The zero-order valence-electron chi connectivity index (χ0n) is 4.79. The number of aldehydes is 1. The van der Waals surface area contributed by atoms with Gasteiger partial charge in [0.15, 0.2) is 0 Å². The number of nitrogens with two attached hydrogens (primary N) is 1. The average Bonchev–Trinajstić information content (AvgIpc) is 1.66. The molecular formula is C6H9NO. The highest BCUT2D eigenvalue weighted by atomic mass is 16.1. The first-order valence-corrected chi connectivity index (χ1v) is 2.31. The summed E-state index contributed by atoms with van der Waals surface area (Å²) < 4.78 is 0. The normalized spacial score (nSPS) is 12.4. The van der Waals surface area contributed by atoms with Crippen LogP contribution in [0.25, 0.3) is 0 Å². The number of rotatable bonds is 2. The molecule has 44 valence electrons. The first-order valence-electron chi connectivity index (χ1n) is 2.31. The van der Waals surface area contributed by atoms with Crippen molar-refractivity contribution < 1.29 is 4.79 Å². The summed E-state index contributed by atoms with van der Waals surface area (Å²) in [4.78, 5) is 9.63. The second-order valence-electron chi connectivity index (χ2n) is 1.43. The van der Waals surface area contributed by atoms with Crippen LogP contribution in [0.5, 0.6) is 0 Å². The van der Waals surface area contributed by atoms with Crippen LogP contribution in [0.4, 0.5) is 0 Å². The number of hydrogen-bond donors (Lipinski definition) is 1. The molecule has 2 heteroatoms.